The normalized spacial score (nSPS) is 20.0. The van der Waals surface area contributed by atoms with E-state index in [2.05, 4.69) is 27.4 Å². The first kappa shape index (κ1) is 22.6. The summed E-state index contributed by atoms with van der Waals surface area (Å²) in [5.41, 5.74) is 1.92. The van der Waals surface area contributed by atoms with Crippen LogP contribution in [0.2, 0.25) is 0 Å². The standard InChI is InChI=1S/C25H30N4O2S/c1-2-19-11-6-7-13-29(19)14-8-12-26-24(30)21-16-20-23(17-27-21)32-22(25(31)28-20)15-18-9-4-3-5-10-18/h3-5,9-10,15-17,19H,2,6-8,11-14H2,1H3,(H,26,30)(H,28,31)/b22-15-. The van der Waals surface area contributed by atoms with E-state index in [0.29, 0.717) is 28.9 Å². The van der Waals surface area contributed by atoms with Gasteiger partial charge >= 0.3 is 0 Å². The number of fused-ring (bicyclic) bond motifs is 1. The van der Waals surface area contributed by atoms with Gasteiger partial charge in [-0.15, -0.1) is 0 Å². The molecule has 1 saturated heterocycles. The Balaban J connectivity index is 1.32. The molecule has 1 unspecified atom stereocenters. The van der Waals surface area contributed by atoms with Crippen LogP contribution in [-0.4, -0.2) is 47.4 Å². The van der Waals surface area contributed by atoms with Gasteiger partial charge in [-0.25, -0.2) is 4.98 Å². The maximum atomic E-state index is 12.6. The van der Waals surface area contributed by atoms with Crippen LogP contribution in [0.25, 0.3) is 6.08 Å². The monoisotopic (exact) mass is 450 g/mol. The maximum absolute atomic E-state index is 12.6. The molecule has 2 aliphatic heterocycles. The van der Waals surface area contributed by atoms with E-state index >= 15 is 0 Å². The minimum absolute atomic E-state index is 0.170. The number of hydrogen-bond acceptors (Lipinski definition) is 5. The summed E-state index contributed by atoms with van der Waals surface area (Å²) < 4.78 is 0. The second-order valence-electron chi connectivity index (χ2n) is 8.24. The minimum atomic E-state index is -0.205. The van der Waals surface area contributed by atoms with Gasteiger partial charge in [0, 0.05) is 25.3 Å². The van der Waals surface area contributed by atoms with Crippen LogP contribution in [0, 0.1) is 0 Å². The third-order valence-electron chi connectivity index (χ3n) is 6.02. The van der Waals surface area contributed by atoms with E-state index in [1.54, 1.807) is 12.3 Å². The van der Waals surface area contributed by atoms with Gasteiger partial charge in [0.2, 0.25) is 0 Å². The van der Waals surface area contributed by atoms with Crippen molar-refractivity contribution in [2.24, 2.45) is 0 Å². The average molecular weight is 451 g/mol. The van der Waals surface area contributed by atoms with Crippen LogP contribution in [0.3, 0.4) is 0 Å². The topological polar surface area (TPSA) is 74.3 Å². The second-order valence-corrected chi connectivity index (χ2v) is 9.33. The molecule has 1 atom stereocenters. The largest absolute Gasteiger partial charge is 0.351 e. The molecule has 3 heterocycles. The highest BCUT2D eigenvalue weighted by Gasteiger charge is 2.23. The number of carbonyl (C=O) groups is 2. The number of pyridine rings is 1. The molecule has 0 saturated carbocycles. The molecule has 32 heavy (non-hydrogen) atoms. The highest BCUT2D eigenvalue weighted by molar-refractivity contribution is 8.04. The molecular formula is C25H30N4O2S. The van der Waals surface area contributed by atoms with Crippen molar-refractivity contribution in [3.63, 3.8) is 0 Å². The first-order valence-electron chi connectivity index (χ1n) is 11.4. The van der Waals surface area contributed by atoms with E-state index in [0.717, 1.165) is 30.0 Å². The Hall–Kier alpha value is -2.64. The van der Waals surface area contributed by atoms with Crippen molar-refractivity contribution in [1.82, 2.24) is 15.2 Å². The lowest BCUT2D eigenvalue weighted by Crippen LogP contribution is -2.40. The first-order chi connectivity index (χ1) is 15.6. The van der Waals surface area contributed by atoms with Crippen LogP contribution in [0.15, 0.2) is 52.4 Å². The van der Waals surface area contributed by atoms with Gasteiger partial charge in [-0.2, -0.15) is 0 Å². The predicted octanol–water partition coefficient (Wildman–Crippen LogP) is 4.55. The zero-order chi connectivity index (χ0) is 22.3. The summed E-state index contributed by atoms with van der Waals surface area (Å²) in [4.78, 5) is 33.4. The zero-order valence-electron chi connectivity index (χ0n) is 18.5. The fraction of sp³-hybridized carbons (Fsp3) is 0.400. The fourth-order valence-corrected chi connectivity index (χ4v) is 5.18. The molecule has 1 aromatic heterocycles. The number of anilines is 1. The summed E-state index contributed by atoms with van der Waals surface area (Å²) in [6.45, 7) is 5.05. The predicted molar refractivity (Wildman–Crippen MR) is 130 cm³/mol. The Kier molecular flexibility index (Phi) is 7.60. The molecular weight excluding hydrogens is 420 g/mol. The van der Waals surface area contributed by atoms with E-state index < -0.39 is 0 Å². The van der Waals surface area contributed by atoms with E-state index in [9.17, 15) is 9.59 Å². The van der Waals surface area contributed by atoms with Crippen molar-refractivity contribution >= 4 is 35.3 Å². The van der Waals surface area contributed by atoms with E-state index in [1.807, 2.05) is 36.4 Å². The SMILES string of the molecule is CCC1CCCCN1CCCNC(=O)c1cc2c(cn1)S/C(=C\c1ccccc1)C(=O)N2. The molecule has 1 fully saturated rings. The fourth-order valence-electron chi connectivity index (χ4n) is 4.28. The van der Waals surface area contributed by atoms with E-state index in [1.165, 1.54) is 37.4 Å². The van der Waals surface area contributed by atoms with Gasteiger partial charge in [0.1, 0.15) is 5.69 Å². The molecule has 7 heteroatoms. The van der Waals surface area contributed by atoms with Crippen molar-refractivity contribution in [3.05, 3.63) is 58.8 Å². The molecule has 2 aromatic rings. The number of rotatable bonds is 7. The number of aromatic nitrogens is 1. The Labute approximate surface area is 193 Å². The maximum Gasteiger partial charge on any atom is 0.269 e. The summed E-state index contributed by atoms with van der Waals surface area (Å²) in [7, 11) is 0. The lowest BCUT2D eigenvalue weighted by Gasteiger charge is -2.35. The molecule has 0 aliphatic carbocycles. The number of carbonyl (C=O) groups excluding carboxylic acids is 2. The second kappa shape index (κ2) is 10.8. The zero-order valence-corrected chi connectivity index (χ0v) is 19.3. The van der Waals surface area contributed by atoms with Crippen LogP contribution >= 0.6 is 11.8 Å². The van der Waals surface area contributed by atoms with Crippen LogP contribution in [0.1, 0.15) is 55.1 Å². The Morgan fingerprint density at radius 3 is 2.97 bits per heavy atom. The molecule has 2 amide bonds. The first-order valence-corrected chi connectivity index (χ1v) is 12.2. The van der Waals surface area contributed by atoms with Gasteiger partial charge in [-0.1, -0.05) is 55.4 Å². The number of hydrogen-bond donors (Lipinski definition) is 2. The van der Waals surface area contributed by atoms with Gasteiger partial charge in [-0.3, -0.25) is 9.59 Å². The average Bonchev–Trinajstić information content (AvgIpc) is 2.82. The third-order valence-corrected chi connectivity index (χ3v) is 7.09. The molecule has 0 bridgehead atoms. The summed E-state index contributed by atoms with van der Waals surface area (Å²) >= 11 is 1.37. The Morgan fingerprint density at radius 2 is 2.16 bits per heavy atom. The lowest BCUT2D eigenvalue weighted by atomic mass is 10.00. The number of thioether (sulfide) groups is 1. The molecule has 0 spiro atoms. The van der Waals surface area contributed by atoms with Crippen LogP contribution in [0.5, 0.6) is 0 Å². The quantitative estimate of drug-likeness (QED) is 0.478. The molecule has 1 aromatic carbocycles. The number of benzene rings is 1. The van der Waals surface area contributed by atoms with Crippen molar-refractivity contribution < 1.29 is 9.59 Å². The highest BCUT2D eigenvalue weighted by Crippen LogP contribution is 2.38. The Morgan fingerprint density at radius 1 is 1.31 bits per heavy atom. The molecule has 2 aliphatic rings. The molecule has 2 N–H and O–H groups in total. The summed E-state index contributed by atoms with van der Waals surface area (Å²) in [5, 5.41) is 5.86. The third kappa shape index (κ3) is 5.58. The number of nitrogens with zero attached hydrogens (tertiary/aromatic N) is 2. The van der Waals surface area contributed by atoms with Gasteiger partial charge in [0.25, 0.3) is 11.8 Å². The number of nitrogens with one attached hydrogen (secondary N) is 2. The number of amides is 2. The van der Waals surface area contributed by atoms with Crippen molar-refractivity contribution in [3.8, 4) is 0 Å². The van der Waals surface area contributed by atoms with E-state index in [4.69, 9.17) is 0 Å². The van der Waals surface area contributed by atoms with Gasteiger partial charge in [0.05, 0.1) is 15.5 Å². The minimum Gasteiger partial charge on any atom is -0.351 e. The molecule has 0 radical (unpaired) electrons. The van der Waals surface area contributed by atoms with E-state index in [-0.39, 0.29) is 11.8 Å². The summed E-state index contributed by atoms with van der Waals surface area (Å²) in [6.07, 6.45) is 9.52. The van der Waals surface area contributed by atoms with Gasteiger partial charge < -0.3 is 15.5 Å². The van der Waals surface area contributed by atoms with Gasteiger partial charge in [-0.05, 0) is 49.9 Å². The smallest absolute Gasteiger partial charge is 0.269 e. The van der Waals surface area contributed by atoms with Gasteiger partial charge in [0.15, 0.2) is 0 Å². The van der Waals surface area contributed by atoms with Crippen LogP contribution in [-0.2, 0) is 4.79 Å². The number of piperidine rings is 1. The summed E-state index contributed by atoms with van der Waals surface area (Å²) in [6, 6.07) is 12.1. The molecule has 4 rings (SSSR count). The van der Waals surface area contributed by atoms with Crippen molar-refractivity contribution in [2.75, 3.05) is 25.0 Å². The Bertz CT molecular complexity index is 993. The number of likely N-dealkylation sites (tertiary alicyclic amines) is 1. The van der Waals surface area contributed by atoms with Crippen LogP contribution in [0.4, 0.5) is 5.69 Å². The van der Waals surface area contributed by atoms with Crippen molar-refractivity contribution in [2.45, 2.75) is 50.0 Å². The molecule has 168 valence electrons. The molecule has 6 nitrogen and oxygen atoms in total. The summed E-state index contributed by atoms with van der Waals surface area (Å²) in [5.74, 6) is -0.376. The lowest BCUT2D eigenvalue weighted by molar-refractivity contribution is -0.112. The van der Waals surface area contributed by atoms with Crippen molar-refractivity contribution in [1.29, 1.82) is 0 Å². The highest BCUT2D eigenvalue weighted by atomic mass is 32.2. The van der Waals surface area contributed by atoms with Crippen LogP contribution < -0.4 is 10.6 Å².